The van der Waals surface area contributed by atoms with Crippen LogP contribution < -0.4 is 5.32 Å². The van der Waals surface area contributed by atoms with E-state index in [1.54, 1.807) is 0 Å². The quantitative estimate of drug-likeness (QED) is 0.654. The van der Waals surface area contributed by atoms with Gasteiger partial charge in [0.1, 0.15) is 5.82 Å². The van der Waals surface area contributed by atoms with E-state index in [1.807, 2.05) is 0 Å². The van der Waals surface area contributed by atoms with E-state index < -0.39 is 0 Å². The molecule has 0 aromatic carbocycles. The van der Waals surface area contributed by atoms with Gasteiger partial charge in [-0.2, -0.15) is 0 Å². The Morgan fingerprint density at radius 2 is 2.04 bits per heavy atom. The zero-order valence-electron chi connectivity index (χ0n) is 13.9. The maximum Gasteiger partial charge on any atom is 0.224 e. The third kappa shape index (κ3) is 4.53. The van der Waals surface area contributed by atoms with Gasteiger partial charge >= 0.3 is 0 Å². The lowest BCUT2D eigenvalue weighted by atomic mass is 9.96. The number of nitrogens with zero attached hydrogens (tertiary/aromatic N) is 3. The summed E-state index contributed by atoms with van der Waals surface area (Å²) in [5.41, 5.74) is 1.84. The third-order valence-corrected chi connectivity index (χ3v) is 4.48. The molecule has 1 aromatic rings. The van der Waals surface area contributed by atoms with Crippen LogP contribution >= 0.6 is 11.6 Å². The van der Waals surface area contributed by atoms with Crippen LogP contribution in [0.25, 0.3) is 0 Å². The molecule has 0 spiro atoms. The van der Waals surface area contributed by atoms with Gasteiger partial charge in [-0.25, -0.2) is 9.97 Å². The first-order chi connectivity index (χ1) is 11.0. The zero-order valence-corrected chi connectivity index (χ0v) is 14.7. The molecule has 0 saturated carbocycles. The molecule has 0 unspecified atom stereocenters. The molecule has 128 valence electrons. The number of hydrogen-bond donors (Lipinski definition) is 1. The van der Waals surface area contributed by atoms with Gasteiger partial charge in [0.05, 0.1) is 31.1 Å². The fraction of sp³-hybridized carbons (Fsp3) is 0.750. The van der Waals surface area contributed by atoms with Crippen LogP contribution in [0.4, 0.5) is 5.82 Å². The third-order valence-electron chi connectivity index (χ3n) is 4.31. The average Bonchev–Trinajstić information content (AvgIpc) is 2.51. The molecule has 6 nitrogen and oxygen atoms in total. The van der Waals surface area contributed by atoms with Crippen molar-refractivity contribution in [2.45, 2.75) is 38.9 Å². The van der Waals surface area contributed by atoms with Gasteiger partial charge in [0.15, 0.2) is 0 Å². The summed E-state index contributed by atoms with van der Waals surface area (Å²) in [7, 11) is 0. The van der Waals surface area contributed by atoms with Crippen molar-refractivity contribution in [1.29, 1.82) is 0 Å². The highest BCUT2D eigenvalue weighted by molar-refractivity contribution is 6.28. The molecule has 23 heavy (non-hydrogen) atoms. The summed E-state index contributed by atoms with van der Waals surface area (Å²) in [6, 6.07) is 0. The van der Waals surface area contributed by atoms with Crippen LogP contribution in [0, 0.1) is 0 Å². The van der Waals surface area contributed by atoms with E-state index >= 15 is 0 Å². The molecule has 1 fully saturated rings. The minimum atomic E-state index is -0.196. The van der Waals surface area contributed by atoms with Crippen molar-refractivity contribution in [3.8, 4) is 0 Å². The predicted octanol–water partition coefficient (Wildman–Crippen LogP) is 2.12. The SMILES string of the molecule is CC1(C)Cc2nc(Cl)nc(NCCCN3CCOCC3)c2CO1. The number of hydrogen-bond acceptors (Lipinski definition) is 6. The number of morpholine rings is 1. The summed E-state index contributed by atoms with van der Waals surface area (Å²) >= 11 is 6.08. The number of anilines is 1. The largest absolute Gasteiger partial charge is 0.379 e. The molecule has 7 heteroatoms. The van der Waals surface area contributed by atoms with Crippen LogP contribution in [-0.4, -0.2) is 59.9 Å². The van der Waals surface area contributed by atoms with Gasteiger partial charge in [0.2, 0.25) is 5.28 Å². The fourth-order valence-electron chi connectivity index (χ4n) is 3.00. The Balaban J connectivity index is 1.56. The van der Waals surface area contributed by atoms with Crippen LogP contribution in [0.3, 0.4) is 0 Å². The fourth-order valence-corrected chi connectivity index (χ4v) is 3.19. The summed E-state index contributed by atoms with van der Waals surface area (Å²) < 4.78 is 11.3. The average molecular weight is 341 g/mol. The molecule has 1 saturated heterocycles. The van der Waals surface area contributed by atoms with Crippen LogP contribution in [0.2, 0.25) is 5.28 Å². The topological polar surface area (TPSA) is 59.5 Å². The molecular formula is C16H25ClN4O2. The molecule has 0 bridgehead atoms. The Bertz CT molecular complexity index is 547. The lowest BCUT2D eigenvalue weighted by Crippen LogP contribution is -2.37. The first kappa shape index (κ1) is 16.9. The number of nitrogens with one attached hydrogen (secondary N) is 1. The summed E-state index contributed by atoms with van der Waals surface area (Å²) in [5, 5.41) is 3.71. The van der Waals surface area contributed by atoms with Gasteiger partial charge in [-0.15, -0.1) is 0 Å². The van der Waals surface area contributed by atoms with Crippen molar-refractivity contribution < 1.29 is 9.47 Å². The van der Waals surface area contributed by atoms with E-state index in [1.165, 1.54) is 0 Å². The summed E-state index contributed by atoms with van der Waals surface area (Å²) in [5.74, 6) is 0.817. The van der Waals surface area contributed by atoms with Crippen LogP contribution in [0.1, 0.15) is 31.5 Å². The molecular weight excluding hydrogens is 316 g/mol. The van der Waals surface area contributed by atoms with Crippen molar-refractivity contribution in [3.05, 3.63) is 16.5 Å². The minimum absolute atomic E-state index is 0.196. The van der Waals surface area contributed by atoms with Gasteiger partial charge in [0, 0.05) is 31.6 Å². The number of halogens is 1. The van der Waals surface area contributed by atoms with Gasteiger partial charge in [-0.3, -0.25) is 4.90 Å². The molecule has 1 aromatic heterocycles. The highest BCUT2D eigenvalue weighted by atomic mass is 35.5. The predicted molar refractivity (Wildman–Crippen MR) is 90.0 cm³/mol. The second-order valence-electron chi connectivity index (χ2n) is 6.73. The highest BCUT2D eigenvalue weighted by Gasteiger charge is 2.29. The first-order valence-electron chi connectivity index (χ1n) is 8.27. The Morgan fingerprint density at radius 3 is 2.83 bits per heavy atom. The molecule has 0 atom stereocenters. The van der Waals surface area contributed by atoms with Crippen molar-refractivity contribution >= 4 is 17.4 Å². The number of aromatic nitrogens is 2. The van der Waals surface area contributed by atoms with Crippen LogP contribution in [0.5, 0.6) is 0 Å². The molecule has 2 aliphatic heterocycles. The van der Waals surface area contributed by atoms with E-state index in [-0.39, 0.29) is 5.60 Å². The standard InChI is InChI=1S/C16H25ClN4O2/c1-16(2)10-13-12(11-23-16)14(20-15(17)19-13)18-4-3-5-21-6-8-22-9-7-21/h3-11H2,1-2H3,(H,18,19,20). The monoisotopic (exact) mass is 340 g/mol. The van der Waals surface area contributed by atoms with E-state index in [4.69, 9.17) is 21.1 Å². The van der Waals surface area contributed by atoms with Gasteiger partial charge < -0.3 is 14.8 Å². The van der Waals surface area contributed by atoms with Crippen molar-refractivity contribution in [3.63, 3.8) is 0 Å². The Kier molecular flexibility index (Phi) is 5.36. The molecule has 2 aliphatic rings. The minimum Gasteiger partial charge on any atom is -0.379 e. The maximum absolute atomic E-state index is 6.08. The van der Waals surface area contributed by atoms with Crippen LogP contribution in [-0.2, 0) is 22.5 Å². The second-order valence-corrected chi connectivity index (χ2v) is 7.06. The van der Waals surface area contributed by atoms with Gasteiger partial charge in [-0.05, 0) is 38.4 Å². The molecule has 0 aliphatic carbocycles. The summed E-state index contributed by atoms with van der Waals surface area (Å²) in [6.07, 6.45) is 1.82. The van der Waals surface area contributed by atoms with Gasteiger partial charge in [-0.1, -0.05) is 0 Å². The van der Waals surface area contributed by atoms with E-state index in [0.717, 1.165) is 69.3 Å². The molecule has 0 amide bonds. The van der Waals surface area contributed by atoms with Gasteiger partial charge in [0.25, 0.3) is 0 Å². The van der Waals surface area contributed by atoms with Crippen molar-refractivity contribution in [2.24, 2.45) is 0 Å². The van der Waals surface area contributed by atoms with E-state index in [9.17, 15) is 0 Å². The molecule has 3 rings (SSSR count). The summed E-state index contributed by atoms with van der Waals surface area (Å²) in [4.78, 5) is 11.2. The van der Waals surface area contributed by atoms with Crippen molar-refractivity contribution in [1.82, 2.24) is 14.9 Å². The normalized spacial score (nSPS) is 21.0. The molecule has 3 heterocycles. The lowest BCUT2D eigenvalue weighted by molar-refractivity contribution is -0.0411. The lowest BCUT2D eigenvalue weighted by Gasteiger charge is -2.32. The maximum atomic E-state index is 6.08. The highest BCUT2D eigenvalue weighted by Crippen LogP contribution is 2.30. The number of rotatable bonds is 5. The summed E-state index contributed by atoms with van der Waals surface area (Å²) in [6.45, 7) is 10.3. The number of ether oxygens (including phenoxy) is 2. The first-order valence-corrected chi connectivity index (χ1v) is 8.64. The van der Waals surface area contributed by atoms with Crippen LogP contribution in [0.15, 0.2) is 0 Å². The second kappa shape index (κ2) is 7.30. The van der Waals surface area contributed by atoms with E-state index in [0.29, 0.717) is 11.9 Å². The zero-order chi connectivity index (χ0) is 16.3. The Morgan fingerprint density at radius 1 is 1.26 bits per heavy atom. The molecule has 0 radical (unpaired) electrons. The van der Waals surface area contributed by atoms with E-state index in [2.05, 4.69) is 34.0 Å². The number of fused-ring (bicyclic) bond motifs is 1. The molecule has 1 N–H and O–H groups in total. The smallest absolute Gasteiger partial charge is 0.224 e. The Labute approximate surface area is 142 Å². The van der Waals surface area contributed by atoms with Crippen molar-refractivity contribution in [2.75, 3.05) is 44.7 Å². The Hall–Kier alpha value is -0.950.